The third-order valence-electron chi connectivity index (χ3n) is 2.89. The van der Waals surface area contributed by atoms with E-state index in [0.29, 0.717) is 18.7 Å². The van der Waals surface area contributed by atoms with E-state index in [2.05, 4.69) is 10.2 Å². The van der Waals surface area contributed by atoms with Crippen LogP contribution in [0.3, 0.4) is 0 Å². The molecular weight excluding hydrogens is 140 g/mol. The van der Waals surface area contributed by atoms with Crippen molar-refractivity contribution in [2.45, 2.75) is 24.9 Å². The zero-order valence-corrected chi connectivity index (χ0v) is 6.79. The third-order valence-corrected chi connectivity index (χ3v) is 2.89. The van der Waals surface area contributed by atoms with Crippen LogP contribution in [-0.2, 0) is 0 Å². The van der Waals surface area contributed by atoms with Gasteiger partial charge < -0.3 is 10.4 Å². The maximum absolute atomic E-state index is 8.82. The van der Waals surface area contributed by atoms with Gasteiger partial charge in [0, 0.05) is 31.7 Å². The van der Waals surface area contributed by atoms with E-state index in [4.69, 9.17) is 5.11 Å². The highest BCUT2D eigenvalue weighted by molar-refractivity contribution is 4.93. The highest BCUT2D eigenvalue weighted by Gasteiger charge is 2.35. The number of hydrogen-bond donors (Lipinski definition) is 2. The van der Waals surface area contributed by atoms with Crippen LogP contribution in [0.2, 0.25) is 0 Å². The minimum absolute atomic E-state index is 0.313. The zero-order valence-electron chi connectivity index (χ0n) is 6.79. The highest BCUT2D eigenvalue weighted by Crippen LogP contribution is 2.25. The first-order valence-electron chi connectivity index (χ1n) is 4.49. The van der Waals surface area contributed by atoms with Crippen LogP contribution in [0.25, 0.3) is 0 Å². The maximum atomic E-state index is 8.82. The second-order valence-electron chi connectivity index (χ2n) is 3.50. The molecule has 0 spiro atoms. The summed E-state index contributed by atoms with van der Waals surface area (Å²) in [6.45, 7) is 3.43. The Bertz CT molecular complexity index is 124. The van der Waals surface area contributed by atoms with E-state index in [-0.39, 0.29) is 0 Å². The van der Waals surface area contributed by atoms with Crippen LogP contribution < -0.4 is 5.32 Å². The summed E-state index contributed by atoms with van der Waals surface area (Å²) in [7, 11) is 0. The van der Waals surface area contributed by atoms with Gasteiger partial charge in [-0.05, 0) is 12.8 Å². The van der Waals surface area contributed by atoms with Gasteiger partial charge in [-0.15, -0.1) is 0 Å². The number of nitrogens with zero attached hydrogens (tertiary/aromatic N) is 1. The van der Waals surface area contributed by atoms with Crippen LogP contribution in [0.5, 0.6) is 0 Å². The lowest BCUT2D eigenvalue weighted by molar-refractivity contribution is 0.120. The van der Waals surface area contributed by atoms with E-state index in [1.807, 2.05) is 0 Å². The molecule has 2 saturated heterocycles. The first-order chi connectivity index (χ1) is 5.42. The van der Waals surface area contributed by atoms with Gasteiger partial charge in [0.15, 0.2) is 0 Å². The Morgan fingerprint density at radius 1 is 1.27 bits per heavy atom. The molecule has 3 heteroatoms. The van der Waals surface area contributed by atoms with Crippen molar-refractivity contribution in [3.8, 4) is 0 Å². The first kappa shape index (κ1) is 7.53. The fourth-order valence-corrected chi connectivity index (χ4v) is 2.35. The van der Waals surface area contributed by atoms with Crippen molar-refractivity contribution in [1.82, 2.24) is 10.2 Å². The number of fused-ring (bicyclic) bond motifs is 2. The quantitative estimate of drug-likeness (QED) is 0.561. The van der Waals surface area contributed by atoms with Crippen molar-refractivity contribution in [3.05, 3.63) is 0 Å². The van der Waals surface area contributed by atoms with Gasteiger partial charge in [-0.1, -0.05) is 0 Å². The van der Waals surface area contributed by atoms with Gasteiger partial charge >= 0.3 is 0 Å². The molecule has 0 radical (unpaired) electrons. The van der Waals surface area contributed by atoms with Gasteiger partial charge in [0.05, 0.1) is 6.61 Å². The van der Waals surface area contributed by atoms with Gasteiger partial charge in [0.1, 0.15) is 0 Å². The molecule has 2 aliphatic heterocycles. The van der Waals surface area contributed by atoms with Gasteiger partial charge in [-0.25, -0.2) is 0 Å². The SMILES string of the molecule is OCCN1C2CCC1CNC2. The average Bonchev–Trinajstić information content (AvgIpc) is 2.30. The molecule has 2 atom stereocenters. The summed E-state index contributed by atoms with van der Waals surface area (Å²) < 4.78 is 0. The van der Waals surface area contributed by atoms with Crippen LogP contribution >= 0.6 is 0 Å². The van der Waals surface area contributed by atoms with Crippen LogP contribution in [0.15, 0.2) is 0 Å². The van der Waals surface area contributed by atoms with Crippen molar-refractivity contribution >= 4 is 0 Å². The molecule has 0 amide bonds. The molecule has 0 aromatic rings. The number of nitrogens with one attached hydrogen (secondary N) is 1. The fraction of sp³-hybridized carbons (Fsp3) is 1.00. The summed E-state index contributed by atoms with van der Waals surface area (Å²) >= 11 is 0. The Hall–Kier alpha value is -0.120. The Kier molecular flexibility index (Phi) is 2.11. The van der Waals surface area contributed by atoms with Crippen LogP contribution in [0.4, 0.5) is 0 Å². The summed E-state index contributed by atoms with van der Waals surface area (Å²) in [5.74, 6) is 0. The molecule has 11 heavy (non-hydrogen) atoms. The Balaban J connectivity index is 1.97. The van der Waals surface area contributed by atoms with Crippen molar-refractivity contribution in [2.75, 3.05) is 26.2 Å². The van der Waals surface area contributed by atoms with E-state index in [1.165, 1.54) is 12.8 Å². The molecule has 2 aliphatic rings. The smallest absolute Gasteiger partial charge is 0.0558 e. The molecule has 0 saturated carbocycles. The summed E-state index contributed by atoms with van der Waals surface area (Å²) in [4.78, 5) is 2.45. The van der Waals surface area contributed by atoms with Crippen molar-refractivity contribution < 1.29 is 5.11 Å². The van der Waals surface area contributed by atoms with Crippen LogP contribution in [0, 0.1) is 0 Å². The summed E-state index contributed by atoms with van der Waals surface area (Å²) in [5.41, 5.74) is 0. The minimum Gasteiger partial charge on any atom is -0.395 e. The number of aliphatic hydroxyl groups excluding tert-OH is 1. The fourth-order valence-electron chi connectivity index (χ4n) is 2.35. The van der Waals surface area contributed by atoms with E-state index in [0.717, 1.165) is 19.6 Å². The maximum Gasteiger partial charge on any atom is 0.0558 e. The molecule has 2 unspecified atom stereocenters. The number of hydrogen-bond acceptors (Lipinski definition) is 3. The van der Waals surface area contributed by atoms with Gasteiger partial charge in [-0.2, -0.15) is 0 Å². The molecule has 0 aromatic heterocycles. The normalized spacial score (nSPS) is 37.9. The van der Waals surface area contributed by atoms with Gasteiger partial charge in [-0.3, -0.25) is 4.90 Å². The topological polar surface area (TPSA) is 35.5 Å². The van der Waals surface area contributed by atoms with Crippen LogP contribution in [-0.4, -0.2) is 48.3 Å². The largest absolute Gasteiger partial charge is 0.395 e. The van der Waals surface area contributed by atoms with E-state index in [1.54, 1.807) is 0 Å². The van der Waals surface area contributed by atoms with Crippen LogP contribution in [0.1, 0.15) is 12.8 Å². The minimum atomic E-state index is 0.313. The zero-order chi connectivity index (χ0) is 7.68. The lowest BCUT2D eigenvalue weighted by Gasteiger charge is -2.34. The average molecular weight is 156 g/mol. The lowest BCUT2D eigenvalue weighted by Crippen LogP contribution is -2.52. The molecule has 2 fully saturated rings. The number of piperazine rings is 1. The second-order valence-corrected chi connectivity index (χ2v) is 3.50. The number of aliphatic hydroxyl groups is 1. The monoisotopic (exact) mass is 156 g/mol. The molecule has 3 nitrogen and oxygen atoms in total. The Morgan fingerprint density at radius 3 is 2.45 bits per heavy atom. The molecule has 2 heterocycles. The summed E-state index contributed by atoms with van der Waals surface area (Å²) in [5, 5.41) is 12.2. The Morgan fingerprint density at radius 2 is 1.91 bits per heavy atom. The summed E-state index contributed by atoms with van der Waals surface area (Å²) in [6, 6.07) is 1.42. The van der Waals surface area contributed by atoms with Crippen molar-refractivity contribution in [1.29, 1.82) is 0 Å². The Labute approximate surface area is 67.4 Å². The van der Waals surface area contributed by atoms with E-state index in [9.17, 15) is 0 Å². The second kappa shape index (κ2) is 3.09. The van der Waals surface area contributed by atoms with Crippen molar-refractivity contribution in [2.24, 2.45) is 0 Å². The molecule has 0 aliphatic carbocycles. The first-order valence-corrected chi connectivity index (χ1v) is 4.49. The van der Waals surface area contributed by atoms with E-state index < -0.39 is 0 Å². The highest BCUT2D eigenvalue weighted by atomic mass is 16.3. The molecule has 2 N–H and O–H groups in total. The molecule has 2 bridgehead atoms. The predicted molar refractivity (Wildman–Crippen MR) is 43.5 cm³/mol. The molecule has 2 rings (SSSR count). The number of rotatable bonds is 2. The van der Waals surface area contributed by atoms with Gasteiger partial charge in [0.25, 0.3) is 0 Å². The molecule has 0 aromatic carbocycles. The van der Waals surface area contributed by atoms with E-state index >= 15 is 0 Å². The van der Waals surface area contributed by atoms with Gasteiger partial charge in [0.2, 0.25) is 0 Å². The predicted octanol–water partition coefficient (Wildman–Crippen LogP) is -0.585. The molecular formula is C8H16N2O. The molecule has 64 valence electrons. The van der Waals surface area contributed by atoms with Crippen molar-refractivity contribution in [3.63, 3.8) is 0 Å². The lowest BCUT2D eigenvalue weighted by atomic mass is 10.2. The standard InChI is InChI=1S/C8H16N2O/c11-4-3-10-7-1-2-8(10)6-9-5-7/h7-9,11H,1-6H2. The summed E-state index contributed by atoms with van der Waals surface area (Å²) in [6.07, 6.45) is 2.63. The third kappa shape index (κ3) is 1.28.